The van der Waals surface area contributed by atoms with Gasteiger partial charge in [-0.1, -0.05) is 36.4 Å². The van der Waals surface area contributed by atoms with Gasteiger partial charge in [-0.15, -0.1) is 0 Å². The number of hydrogen-bond acceptors (Lipinski definition) is 2. The molecule has 2 aromatic carbocycles. The Morgan fingerprint density at radius 1 is 1.20 bits per heavy atom. The zero-order valence-electron chi connectivity index (χ0n) is 11.8. The van der Waals surface area contributed by atoms with Crippen molar-refractivity contribution in [2.45, 2.75) is 26.3 Å². The maximum atomic E-state index is 10.8. The molecule has 1 atom stereocenters. The molecule has 0 aliphatic rings. The van der Waals surface area contributed by atoms with E-state index >= 15 is 0 Å². The lowest BCUT2D eigenvalue weighted by atomic mass is 9.94. The maximum Gasteiger partial charge on any atom is 0.305 e. The molecule has 0 bridgehead atoms. The van der Waals surface area contributed by atoms with Crippen LogP contribution < -0.4 is 5.73 Å². The molecule has 0 aromatic heterocycles. The molecular formula is C17H19NO2. The van der Waals surface area contributed by atoms with E-state index in [1.165, 1.54) is 11.1 Å². The highest BCUT2D eigenvalue weighted by Gasteiger charge is 2.12. The SMILES string of the molecule is Cc1cccc(-c2cccc(C(N)CC(=O)O)c2)c1C. The second-order valence-electron chi connectivity index (χ2n) is 5.08. The summed E-state index contributed by atoms with van der Waals surface area (Å²) in [6.07, 6.45) is -0.0593. The maximum absolute atomic E-state index is 10.8. The van der Waals surface area contributed by atoms with Crippen LogP contribution in [0.2, 0.25) is 0 Å². The summed E-state index contributed by atoms with van der Waals surface area (Å²) >= 11 is 0. The zero-order chi connectivity index (χ0) is 14.7. The van der Waals surface area contributed by atoms with E-state index in [0.29, 0.717) is 0 Å². The van der Waals surface area contributed by atoms with E-state index in [-0.39, 0.29) is 6.42 Å². The molecule has 0 saturated heterocycles. The number of hydrogen-bond donors (Lipinski definition) is 2. The van der Waals surface area contributed by atoms with Crippen molar-refractivity contribution in [1.29, 1.82) is 0 Å². The van der Waals surface area contributed by atoms with Crippen LogP contribution >= 0.6 is 0 Å². The van der Waals surface area contributed by atoms with Gasteiger partial charge < -0.3 is 10.8 Å². The van der Waals surface area contributed by atoms with Gasteiger partial charge in [-0.3, -0.25) is 4.79 Å². The molecule has 2 rings (SSSR count). The number of benzene rings is 2. The van der Waals surface area contributed by atoms with Crippen LogP contribution in [0.5, 0.6) is 0 Å². The van der Waals surface area contributed by atoms with E-state index in [2.05, 4.69) is 26.0 Å². The molecule has 3 heteroatoms. The number of rotatable bonds is 4. The molecule has 104 valence electrons. The third kappa shape index (κ3) is 3.06. The highest BCUT2D eigenvalue weighted by molar-refractivity contribution is 5.70. The fraction of sp³-hybridized carbons (Fsp3) is 0.235. The number of carboxylic acids is 1. The Labute approximate surface area is 119 Å². The van der Waals surface area contributed by atoms with Gasteiger partial charge in [0.2, 0.25) is 0 Å². The lowest BCUT2D eigenvalue weighted by molar-refractivity contribution is -0.137. The van der Waals surface area contributed by atoms with Crippen LogP contribution in [0.1, 0.15) is 29.2 Å². The monoisotopic (exact) mass is 269 g/mol. The second kappa shape index (κ2) is 5.88. The Kier molecular flexibility index (Phi) is 4.20. The first kappa shape index (κ1) is 14.3. The van der Waals surface area contributed by atoms with Gasteiger partial charge >= 0.3 is 5.97 Å². The Bertz CT molecular complexity index is 635. The molecule has 1 unspecified atom stereocenters. The quantitative estimate of drug-likeness (QED) is 0.893. The van der Waals surface area contributed by atoms with Crippen molar-refractivity contribution in [3.63, 3.8) is 0 Å². The predicted octanol–water partition coefficient (Wildman–Crippen LogP) is 3.44. The number of nitrogens with two attached hydrogens (primary N) is 1. The van der Waals surface area contributed by atoms with Gasteiger partial charge in [-0.25, -0.2) is 0 Å². The Morgan fingerprint density at radius 2 is 1.90 bits per heavy atom. The molecule has 0 fully saturated rings. The smallest absolute Gasteiger partial charge is 0.305 e. The molecule has 3 N–H and O–H groups in total. The van der Waals surface area contributed by atoms with Crippen molar-refractivity contribution in [3.8, 4) is 11.1 Å². The van der Waals surface area contributed by atoms with Crippen molar-refractivity contribution in [3.05, 3.63) is 59.2 Å². The van der Waals surface area contributed by atoms with Crippen molar-refractivity contribution in [1.82, 2.24) is 0 Å². The number of aryl methyl sites for hydroxylation is 1. The van der Waals surface area contributed by atoms with Crippen LogP contribution in [0.15, 0.2) is 42.5 Å². The van der Waals surface area contributed by atoms with Gasteiger partial charge in [0.05, 0.1) is 6.42 Å². The van der Waals surface area contributed by atoms with Gasteiger partial charge in [0.1, 0.15) is 0 Å². The third-order valence-corrected chi connectivity index (χ3v) is 3.62. The molecule has 2 aromatic rings. The largest absolute Gasteiger partial charge is 0.481 e. The van der Waals surface area contributed by atoms with Crippen LogP contribution in [0.3, 0.4) is 0 Å². The van der Waals surface area contributed by atoms with E-state index in [9.17, 15) is 4.79 Å². The summed E-state index contributed by atoms with van der Waals surface area (Å²) in [5.41, 5.74) is 11.5. The van der Waals surface area contributed by atoms with Gasteiger partial charge in [-0.2, -0.15) is 0 Å². The molecule has 0 aliphatic carbocycles. The fourth-order valence-corrected chi connectivity index (χ4v) is 2.31. The van der Waals surface area contributed by atoms with E-state index in [4.69, 9.17) is 10.8 Å². The average Bonchev–Trinajstić information content (AvgIpc) is 2.41. The summed E-state index contributed by atoms with van der Waals surface area (Å²) in [5.74, 6) is -0.880. The van der Waals surface area contributed by atoms with Crippen molar-refractivity contribution in [2.75, 3.05) is 0 Å². The average molecular weight is 269 g/mol. The Balaban J connectivity index is 2.39. The van der Waals surface area contributed by atoms with Gasteiger partial charge in [0.15, 0.2) is 0 Å². The molecule has 20 heavy (non-hydrogen) atoms. The molecule has 0 spiro atoms. The molecular weight excluding hydrogens is 250 g/mol. The fourth-order valence-electron chi connectivity index (χ4n) is 2.31. The number of carboxylic acid groups (broad SMARTS) is 1. The summed E-state index contributed by atoms with van der Waals surface area (Å²) in [6, 6.07) is 13.5. The van der Waals surface area contributed by atoms with Gasteiger partial charge in [-0.05, 0) is 47.7 Å². The van der Waals surface area contributed by atoms with Crippen molar-refractivity contribution in [2.24, 2.45) is 5.73 Å². The zero-order valence-corrected chi connectivity index (χ0v) is 11.8. The Morgan fingerprint density at radius 3 is 2.60 bits per heavy atom. The molecule has 0 saturated carbocycles. The summed E-state index contributed by atoms with van der Waals surface area (Å²) in [7, 11) is 0. The standard InChI is InChI=1S/C17H19NO2/c1-11-5-3-8-15(12(11)2)13-6-4-7-14(9-13)16(18)10-17(19)20/h3-9,16H,10,18H2,1-2H3,(H,19,20). The predicted molar refractivity (Wildman–Crippen MR) is 80.5 cm³/mol. The normalized spacial score (nSPS) is 12.2. The summed E-state index contributed by atoms with van der Waals surface area (Å²) in [4.78, 5) is 10.8. The third-order valence-electron chi connectivity index (χ3n) is 3.62. The molecule has 0 heterocycles. The van der Waals surface area contributed by atoms with Crippen LogP contribution in [-0.4, -0.2) is 11.1 Å². The van der Waals surface area contributed by atoms with E-state index in [1.807, 2.05) is 30.3 Å². The lowest BCUT2D eigenvalue weighted by Crippen LogP contribution is -2.14. The Hall–Kier alpha value is -2.13. The number of carbonyl (C=O) groups is 1. The van der Waals surface area contributed by atoms with Crippen LogP contribution in [0, 0.1) is 13.8 Å². The second-order valence-corrected chi connectivity index (χ2v) is 5.08. The summed E-state index contributed by atoms with van der Waals surface area (Å²) < 4.78 is 0. The first-order valence-electron chi connectivity index (χ1n) is 6.63. The molecule has 3 nitrogen and oxygen atoms in total. The van der Waals surface area contributed by atoms with Crippen molar-refractivity contribution >= 4 is 5.97 Å². The first-order valence-corrected chi connectivity index (χ1v) is 6.63. The minimum Gasteiger partial charge on any atom is -0.481 e. The lowest BCUT2D eigenvalue weighted by Gasteiger charge is -2.13. The number of aliphatic carboxylic acids is 1. The molecule has 0 aliphatic heterocycles. The van der Waals surface area contributed by atoms with E-state index < -0.39 is 12.0 Å². The van der Waals surface area contributed by atoms with Crippen molar-refractivity contribution < 1.29 is 9.90 Å². The van der Waals surface area contributed by atoms with Crippen LogP contribution in [0.25, 0.3) is 11.1 Å². The highest BCUT2D eigenvalue weighted by Crippen LogP contribution is 2.27. The summed E-state index contributed by atoms with van der Waals surface area (Å²) in [6.45, 7) is 4.17. The van der Waals surface area contributed by atoms with E-state index in [0.717, 1.165) is 16.7 Å². The van der Waals surface area contributed by atoms with Gasteiger partial charge in [0.25, 0.3) is 0 Å². The van der Waals surface area contributed by atoms with Crippen LogP contribution in [0.4, 0.5) is 0 Å². The highest BCUT2D eigenvalue weighted by atomic mass is 16.4. The summed E-state index contributed by atoms with van der Waals surface area (Å²) in [5, 5.41) is 8.83. The van der Waals surface area contributed by atoms with Crippen LogP contribution in [-0.2, 0) is 4.79 Å². The van der Waals surface area contributed by atoms with E-state index in [1.54, 1.807) is 0 Å². The molecule has 0 amide bonds. The van der Waals surface area contributed by atoms with Gasteiger partial charge in [0, 0.05) is 6.04 Å². The minimum atomic E-state index is -0.880. The molecule has 0 radical (unpaired) electrons. The minimum absolute atomic E-state index is 0.0593. The first-order chi connectivity index (χ1) is 9.49. The topological polar surface area (TPSA) is 63.3 Å².